The third kappa shape index (κ3) is 4.24. The van der Waals surface area contributed by atoms with Crippen molar-refractivity contribution >= 4 is 28.4 Å². The zero-order chi connectivity index (χ0) is 18.5. The van der Waals surface area contributed by atoms with Crippen LogP contribution in [0.2, 0.25) is 0 Å². The molecule has 1 heterocycles. The maximum Gasteiger partial charge on any atom is 0.255 e. The second-order valence-corrected chi connectivity index (χ2v) is 7.36. The summed E-state index contributed by atoms with van der Waals surface area (Å²) in [5.74, 6) is -0.470. The Labute approximate surface area is 154 Å². The molecule has 1 unspecified atom stereocenters. The summed E-state index contributed by atoms with van der Waals surface area (Å²) in [4.78, 5) is 24.8. The molecule has 7 heteroatoms. The van der Waals surface area contributed by atoms with Crippen molar-refractivity contribution in [3.63, 3.8) is 0 Å². The van der Waals surface area contributed by atoms with Gasteiger partial charge in [0.2, 0.25) is 0 Å². The van der Waals surface area contributed by atoms with E-state index in [9.17, 15) is 13.8 Å². The number of anilines is 1. The van der Waals surface area contributed by atoms with Gasteiger partial charge in [0.15, 0.2) is 5.78 Å². The highest BCUT2D eigenvalue weighted by Gasteiger charge is 2.19. The summed E-state index contributed by atoms with van der Waals surface area (Å²) in [5.41, 5.74) is 1.31. The number of ketones is 1. The maximum atomic E-state index is 12.7. The van der Waals surface area contributed by atoms with Gasteiger partial charge in [-0.15, -0.1) is 0 Å². The fourth-order valence-electron chi connectivity index (χ4n) is 2.70. The van der Waals surface area contributed by atoms with Crippen molar-refractivity contribution in [1.82, 2.24) is 4.31 Å². The van der Waals surface area contributed by atoms with Crippen LogP contribution in [0.4, 0.5) is 5.69 Å². The summed E-state index contributed by atoms with van der Waals surface area (Å²) < 4.78 is 19.8. The van der Waals surface area contributed by atoms with E-state index in [4.69, 9.17) is 4.74 Å². The number of amides is 1. The van der Waals surface area contributed by atoms with Gasteiger partial charge >= 0.3 is 0 Å². The number of rotatable bonds is 5. The monoisotopic (exact) mass is 372 g/mol. The van der Waals surface area contributed by atoms with E-state index >= 15 is 0 Å². The Morgan fingerprint density at radius 1 is 1.08 bits per heavy atom. The largest absolute Gasteiger partial charge is 0.379 e. The number of benzene rings is 2. The average Bonchev–Trinajstić information content (AvgIpc) is 2.68. The Balaban J connectivity index is 1.78. The van der Waals surface area contributed by atoms with Gasteiger partial charge in [-0.05, 0) is 37.3 Å². The van der Waals surface area contributed by atoms with Crippen LogP contribution in [0.15, 0.2) is 53.4 Å². The van der Waals surface area contributed by atoms with Crippen molar-refractivity contribution in [2.24, 2.45) is 0 Å². The van der Waals surface area contributed by atoms with Gasteiger partial charge in [0.25, 0.3) is 5.91 Å². The van der Waals surface area contributed by atoms with E-state index in [0.717, 1.165) is 0 Å². The van der Waals surface area contributed by atoms with Crippen LogP contribution in [0.5, 0.6) is 0 Å². The highest BCUT2D eigenvalue weighted by molar-refractivity contribution is 7.82. The number of hydrogen-bond donors (Lipinski definition) is 1. The van der Waals surface area contributed by atoms with Crippen LogP contribution in [0.3, 0.4) is 0 Å². The molecule has 6 nitrogen and oxygen atoms in total. The van der Waals surface area contributed by atoms with Gasteiger partial charge in [0.05, 0.1) is 23.8 Å². The van der Waals surface area contributed by atoms with Gasteiger partial charge in [-0.25, -0.2) is 8.51 Å². The van der Waals surface area contributed by atoms with Crippen LogP contribution in [0, 0.1) is 0 Å². The van der Waals surface area contributed by atoms with Crippen molar-refractivity contribution in [2.45, 2.75) is 11.8 Å². The first-order chi connectivity index (χ1) is 12.6. The van der Waals surface area contributed by atoms with E-state index in [1.165, 1.54) is 6.92 Å². The Kier molecular flexibility index (Phi) is 5.92. The molecule has 0 bridgehead atoms. The molecule has 0 radical (unpaired) electrons. The topological polar surface area (TPSA) is 75.7 Å². The van der Waals surface area contributed by atoms with E-state index in [2.05, 4.69) is 5.32 Å². The number of carbonyl (C=O) groups is 2. The normalized spacial score (nSPS) is 16.0. The number of ether oxygens (including phenoxy) is 1. The van der Waals surface area contributed by atoms with Crippen LogP contribution < -0.4 is 5.32 Å². The van der Waals surface area contributed by atoms with Crippen LogP contribution in [0.25, 0.3) is 0 Å². The minimum Gasteiger partial charge on any atom is -0.379 e. The quantitative estimate of drug-likeness (QED) is 0.818. The minimum absolute atomic E-state index is 0.122. The molecule has 26 heavy (non-hydrogen) atoms. The lowest BCUT2D eigenvalue weighted by atomic mass is 10.1. The van der Waals surface area contributed by atoms with Gasteiger partial charge in [0.1, 0.15) is 11.0 Å². The number of morpholine rings is 1. The molecule has 1 N–H and O–H groups in total. The molecule has 1 aliphatic rings. The average molecular weight is 372 g/mol. The van der Waals surface area contributed by atoms with Crippen molar-refractivity contribution < 1.29 is 18.5 Å². The number of nitrogens with zero attached hydrogens (tertiary/aromatic N) is 1. The van der Waals surface area contributed by atoms with Crippen molar-refractivity contribution in [3.8, 4) is 0 Å². The Bertz CT molecular complexity index is 847. The molecule has 1 fully saturated rings. The Hall–Kier alpha value is -2.35. The SMILES string of the molecule is CC(=O)c1ccccc1NC(=O)c1cccc(S(=O)N2CCOCC2)c1. The number of para-hydroxylation sites is 1. The molecule has 0 spiro atoms. The summed E-state index contributed by atoms with van der Waals surface area (Å²) in [5, 5.41) is 2.76. The lowest BCUT2D eigenvalue weighted by molar-refractivity contribution is 0.0752. The Morgan fingerprint density at radius 2 is 1.81 bits per heavy atom. The van der Waals surface area contributed by atoms with E-state index in [1.54, 1.807) is 48.5 Å². The number of hydrogen-bond acceptors (Lipinski definition) is 4. The predicted octanol–water partition coefficient (Wildman–Crippen LogP) is 2.50. The number of nitrogens with one attached hydrogen (secondary N) is 1. The summed E-state index contributed by atoms with van der Waals surface area (Å²) in [6, 6.07) is 13.6. The van der Waals surface area contributed by atoms with E-state index in [-0.39, 0.29) is 11.7 Å². The molecular formula is C19H20N2O4S. The molecule has 1 saturated heterocycles. The second kappa shape index (κ2) is 8.35. The van der Waals surface area contributed by atoms with Crippen molar-refractivity contribution in [2.75, 3.05) is 31.6 Å². The van der Waals surface area contributed by atoms with E-state index in [0.29, 0.717) is 48.0 Å². The molecule has 3 rings (SSSR count). The van der Waals surface area contributed by atoms with Gasteiger partial charge in [-0.3, -0.25) is 9.59 Å². The summed E-state index contributed by atoms with van der Waals surface area (Å²) in [6.07, 6.45) is 0. The second-order valence-electron chi connectivity index (χ2n) is 5.87. The van der Waals surface area contributed by atoms with Crippen LogP contribution in [-0.4, -0.2) is 46.5 Å². The smallest absolute Gasteiger partial charge is 0.255 e. The Morgan fingerprint density at radius 3 is 2.54 bits per heavy atom. The van der Waals surface area contributed by atoms with E-state index in [1.807, 2.05) is 4.31 Å². The highest BCUT2D eigenvalue weighted by Crippen LogP contribution is 2.19. The molecule has 1 atom stereocenters. The molecule has 2 aromatic rings. The van der Waals surface area contributed by atoms with Crippen LogP contribution in [0.1, 0.15) is 27.6 Å². The van der Waals surface area contributed by atoms with Crippen LogP contribution >= 0.6 is 0 Å². The van der Waals surface area contributed by atoms with E-state index < -0.39 is 11.0 Å². The van der Waals surface area contributed by atoms with Gasteiger partial charge in [0, 0.05) is 24.2 Å². The summed E-state index contributed by atoms with van der Waals surface area (Å²) in [7, 11) is -1.34. The van der Waals surface area contributed by atoms with Crippen molar-refractivity contribution in [3.05, 3.63) is 59.7 Å². The molecule has 0 saturated carbocycles. The van der Waals surface area contributed by atoms with Gasteiger partial charge in [-0.2, -0.15) is 0 Å². The lowest BCUT2D eigenvalue weighted by Gasteiger charge is -2.25. The standard InChI is InChI=1S/C19H20N2O4S/c1-14(22)17-7-2-3-8-18(17)20-19(23)15-5-4-6-16(13-15)26(24)21-9-11-25-12-10-21/h2-8,13H,9-12H2,1H3,(H,20,23). The predicted molar refractivity (Wildman–Crippen MR) is 99.6 cm³/mol. The molecular weight excluding hydrogens is 352 g/mol. The molecule has 0 aromatic heterocycles. The van der Waals surface area contributed by atoms with Crippen LogP contribution in [-0.2, 0) is 15.7 Å². The van der Waals surface area contributed by atoms with Gasteiger partial charge in [-0.1, -0.05) is 18.2 Å². The molecule has 1 aliphatic heterocycles. The number of carbonyl (C=O) groups excluding carboxylic acids is 2. The maximum absolute atomic E-state index is 12.7. The first-order valence-corrected chi connectivity index (χ1v) is 9.43. The summed E-state index contributed by atoms with van der Waals surface area (Å²) in [6.45, 7) is 3.74. The zero-order valence-corrected chi connectivity index (χ0v) is 15.3. The zero-order valence-electron chi connectivity index (χ0n) is 14.4. The molecule has 136 valence electrons. The first-order valence-electron chi connectivity index (χ1n) is 8.32. The van der Waals surface area contributed by atoms with Crippen molar-refractivity contribution in [1.29, 1.82) is 0 Å². The summed E-state index contributed by atoms with van der Waals surface area (Å²) >= 11 is 0. The van der Waals surface area contributed by atoms with Gasteiger partial charge < -0.3 is 10.1 Å². The lowest BCUT2D eigenvalue weighted by Crippen LogP contribution is -2.37. The minimum atomic E-state index is -1.34. The molecule has 2 aromatic carbocycles. The fourth-order valence-corrected chi connectivity index (χ4v) is 3.90. The number of Topliss-reactive ketones (excluding diaryl/α,β-unsaturated/α-hetero) is 1. The molecule has 0 aliphatic carbocycles. The third-order valence-electron chi connectivity index (χ3n) is 4.06. The highest BCUT2D eigenvalue weighted by atomic mass is 32.2. The fraction of sp³-hybridized carbons (Fsp3) is 0.263. The first kappa shape index (κ1) is 18.4. The third-order valence-corrected chi connectivity index (χ3v) is 5.55. The molecule has 1 amide bonds.